The number of nitriles is 1. The molecular weight excluding hydrogens is 580 g/mol. The van der Waals surface area contributed by atoms with Crippen LogP contribution in [0.5, 0.6) is 5.75 Å². The lowest BCUT2D eigenvalue weighted by Gasteiger charge is -2.11. The number of aryl methyl sites for hydroxylation is 3. The smallest absolute Gasteiger partial charge is 0.331 e. The minimum atomic E-state index is -0.865. The summed E-state index contributed by atoms with van der Waals surface area (Å²) < 4.78 is 8.11. The summed E-state index contributed by atoms with van der Waals surface area (Å²) in [6.45, 7) is 15.8. The van der Waals surface area contributed by atoms with E-state index in [9.17, 15) is 9.90 Å². The number of unbranched alkanes of at least 4 members (excludes halogenated alkanes) is 1. The van der Waals surface area contributed by atoms with E-state index >= 15 is 0 Å². The Labute approximate surface area is 282 Å². The van der Waals surface area contributed by atoms with Crippen molar-refractivity contribution in [3.8, 4) is 11.8 Å². The van der Waals surface area contributed by atoms with E-state index in [1.807, 2.05) is 76.4 Å². The molecule has 0 fully saturated rings. The highest BCUT2D eigenvalue weighted by Gasteiger charge is 2.08. The molecule has 47 heavy (non-hydrogen) atoms. The lowest BCUT2D eigenvalue weighted by atomic mass is 10.0. The molecule has 1 aromatic heterocycles. The maximum absolute atomic E-state index is 11.3. The van der Waals surface area contributed by atoms with E-state index in [0.29, 0.717) is 24.2 Å². The SMILES string of the molecule is CC.CCC/C(=C\c1ccc(OCCCn2ccc3cc(C#N)ccc32)c(C)c1)C(=O)O.CCCC.Cc1ccc2ccccc2c1. The molecule has 4 aromatic carbocycles. The van der Waals surface area contributed by atoms with E-state index in [1.165, 1.54) is 29.2 Å². The van der Waals surface area contributed by atoms with Gasteiger partial charge in [0.1, 0.15) is 5.75 Å². The van der Waals surface area contributed by atoms with Gasteiger partial charge in [0, 0.05) is 29.2 Å². The Morgan fingerprint density at radius 3 is 2.21 bits per heavy atom. The third kappa shape index (κ3) is 12.5. The minimum Gasteiger partial charge on any atom is -0.493 e. The molecule has 0 atom stereocenters. The molecule has 5 aromatic rings. The third-order valence-electron chi connectivity index (χ3n) is 7.44. The van der Waals surface area contributed by atoms with Crippen molar-refractivity contribution >= 4 is 33.7 Å². The molecule has 1 heterocycles. The van der Waals surface area contributed by atoms with Crippen LogP contribution in [0.15, 0.2) is 96.7 Å². The van der Waals surface area contributed by atoms with Crippen molar-refractivity contribution in [3.05, 3.63) is 119 Å². The van der Waals surface area contributed by atoms with E-state index in [-0.39, 0.29) is 0 Å². The largest absolute Gasteiger partial charge is 0.493 e. The first kappa shape index (κ1) is 38.4. The van der Waals surface area contributed by atoms with Crippen LogP contribution < -0.4 is 4.74 Å². The molecule has 0 saturated heterocycles. The molecule has 0 spiro atoms. The molecule has 5 heteroatoms. The fraction of sp³-hybridized carbons (Fsp3) is 0.333. The highest BCUT2D eigenvalue weighted by atomic mass is 16.5. The number of carboxylic acids is 1. The predicted octanol–water partition coefficient (Wildman–Crippen LogP) is 11.5. The third-order valence-corrected chi connectivity index (χ3v) is 7.44. The Bertz CT molecular complexity index is 1760. The zero-order valence-corrected chi connectivity index (χ0v) is 29.3. The molecule has 5 rings (SSSR count). The second-order valence-corrected chi connectivity index (χ2v) is 11.2. The fourth-order valence-electron chi connectivity index (χ4n) is 4.83. The van der Waals surface area contributed by atoms with Gasteiger partial charge in [0.15, 0.2) is 0 Å². The van der Waals surface area contributed by atoms with E-state index in [0.717, 1.165) is 47.2 Å². The van der Waals surface area contributed by atoms with Crippen LogP contribution in [0.1, 0.15) is 89.0 Å². The van der Waals surface area contributed by atoms with Gasteiger partial charge in [-0.25, -0.2) is 4.79 Å². The molecule has 0 aliphatic carbocycles. The lowest BCUT2D eigenvalue weighted by molar-refractivity contribution is -0.132. The van der Waals surface area contributed by atoms with E-state index in [4.69, 9.17) is 10.00 Å². The maximum Gasteiger partial charge on any atom is 0.331 e. The highest BCUT2D eigenvalue weighted by molar-refractivity contribution is 5.92. The number of carbonyl (C=O) groups is 1. The molecule has 0 amide bonds. The summed E-state index contributed by atoms with van der Waals surface area (Å²) in [7, 11) is 0. The number of carboxylic acid groups (broad SMARTS) is 1. The van der Waals surface area contributed by atoms with Crippen molar-refractivity contribution in [3.63, 3.8) is 0 Å². The Hall–Kier alpha value is -4.82. The number of nitrogens with zero attached hydrogens (tertiary/aromatic N) is 2. The van der Waals surface area contributed by atoms with Crippen molar-refractivity contribution in [2.75, 3.05) is 6.61 Å². The van der Waals surface area contributed by atoms with Gasteiger partial charge in [0.25, 0.3) is 0 Å². The first-order chi connectivity index (χ1) is 22.8. The van der Waals surface area contributed by atoms with E-state index in [2.05, 4.69) is 73.9 Å². The van der Waals surface area contributed by atoms with Crippen LogP contribution in [-0.2, 0) is 11.3 Å². The standard InChI is InChI=1S/C25H26N2O3.C11H10.C4H10.C2H6/c1-3-5-22(25(28)29)15-19-7-9-24(18(2)14-19)30-13-4-11-27-12-10-21-16-20(17-26)6-8-23(21)27;1-9-6-7-10-4-2-3-5-11(10)8-9;1-3-4-2;1-2/h6-10,12,14-16H,3-5,11,13H2,1-2H3,(H,28,29);2-8H,1H3;3-4H2,1-2H3;1-2H3/b22-15+;;;. The van der Waals surface area contributed by atoms with Crippen molar-refractivity contribution < 1.29 is 14.6 Å². The topological polar surface area (TPSA) is 75.2 Å². The van der Waals surface area contributed by atoms with Gasteiger partial charge in [-0.1, -0.05) is 108 Å². The Morgan fingerprint density at radius 1 is 0.851 bits per heavy atom. The van der Waals surface area contributed by atoms with Gasteiger partial charge in [0.2, 0.25) is 0 Å². The maximum atomic E-state index is 11.3. The van der Waals surface area contributed by atoms with Crippen LogP contribution in [0.25, 0.3) is 27.8 Å². The first-order valence-electron chi connectivity index (χ1n) is 16.9. The molecular formula is C42H52N2O3. The molecule has 0 unspecified atom stereocenters. The van der Waals surface area contributed by atoms with Crippen molar-refractivity contribution in [2.24, 2.45) is 0 Å². The van der Waals surface area contributed by atoms with Gasteiger partial charge in [-0.2, -0.15) is 5.26 Å². The van der Waals surface area contributed by atoms with E-state index in [1.54, 1.807) is 6.08 Å². The van der Waals surface area contributed by atoms with Crippen LogP contribution in [0, 0.1) is 25.2 Å². The van der Waals surface area contributed by atoms with Crippen LogP contribution in [0.4, 0.5) is 0 Å². The van der Waals surface area contributed by atoms with E-state index < -0.39 is 5.97 Å². The number of aliphatic carboxylic acids is 1. The number of aromatic nitrogens is 1. The quantitative estimate of drug-likeness (QED) is 0.123. The van der Waals surface area contributed by atoms with Crippen molar-refractivity contribution in [1.82, 2.24) is 4.57 Å². The lowest BCUT2D eigenvalue weighted by Crippen LogP contribution is -2.04. The zero-order valence-electron chi connectivity index (χ0n) is 29.3. The zero-order chi connectivity index (χ0) is 34.6. The summed E-state index contributed by atoms with van der Waals surface area (Å²) in [5, 5.41) is 22.0. The molecule has 0 radical (unpaired) electrons. The van der Waals surface area contributed by atoms with Gasteiger partial charge < -0.3 is 14.4 Å². The number of fused-ring (bicyclic) bond motifs is 2. The number of rotatable bonds is 10. The predicted molar refractivity (Wildman–Crippen MR) is 199 cm³/mol. The summed E-state index contributed by atoms with van der Waals surface area (Å²) in [6.07, 6.45) is 8.61. The van der Waals surface area contributed by atoms with Gasteiger partial charge >= 0.3 is 5.97 Å². The van der Waals surface area contributed by atoms with Gasteiger partial charge in [-0.3, -0.25) is 0 Å². The molecule has 1 N–H and O–H groups in total. The second kappa shape index (κ2) is 21.1. The molecule has 0 bridgehead atoms. The van der Waals surface area contributed by atoms with Gasteiger partial charge in [-0.05, 0) is 91.1 Å². The number of hydrogen-bond acceptors (Lipinski definition) is 3. The Balaban J connectivity index is 0.000000369. The van der Waals surface area contributed by atoms with Crippen LogP contribution in [0.3, 0.4) is 0 Å². The number of hydrogen-bond donors (Lipinski definition) is 1. The Kier molecular flexibility index (Phi) is 17.2. The normalized spacial score (nSPS) is 10.5. The monoisotopic (exact) mass is 632 g/mol. The summed E-state index contributed by atoms with van der Waals surface area (Å²) in [4.78, 5) is 11.3. The average molecular weight is 633 g/mol. The second-order valence-electron chi connectivity index (χ2n) is 11.2. The average Bonchev–Trinajstić information content (AvgIpc) is 3.50. The molecule has 0 aliphatic rings. The van der Waals surface area contributed by atoms with Gasteiger partial charge in [-0.15, -0.1) is 0 Å². The fourth-order valence-corrected chi connectivity index (χ4v) is 4.83. The molecule has 0 saturated carbocycles. The highest BCUT2D eigenvalue weighted by Crippen LogP contribution is 2.23. The summed E-state index contributed by atoms with van der Waals surface area (Å²) in [6, 6.07) is 30.6. The summed E-state index contributed by atoms with van der Waals surface area (Å²) in [5.41, 5.74) is 5.39. The van der Waals surface area contributed by atoms with Crippen molar-refractivity contribution in [2.45, 2.75) is 87.1 Å². The summed E-state index contributed by atoms with van der Waals surface area (Å²) in [5.74, 6) is -0.0493. The van der Waals surface area contributed by atoms with Crippen molar-refractivity contribution in [1.29, 1.82) is 5.26 Å². The summed E-state index contributed by atoms with van der Waals surface area (Å²) >= 11 is 0. The molecule has 5 nitrogen and oxygen atoms in total. The first-order valence-corrected chi connectivity index (χ1v) is 16.9. The van der Waals surface area contributed by atoms with Gasteiger partial charge in [0.05, 0.1) is 18.2 Å². The number of benzene rings is 4. The molecule has 0 aliphatic heterocycles. The number of ether oxygens (including phenoxy) is 1. The van der Waals surface area contributed by atoms with Crippen LogP contribution in [0.2, 0.25) is 0 Å². The van der Waals surface area contributed by atoms with Crippen LogP contribution in [-0.4, -0.2) is 22.2 Å². The van der Waals surface area contributed by atoms with Crippen LogP contribution >= 0.6 is 0 Å². The Morgan fingerprint density at radius 2 is 1.57 bits per heavy atom. The molecule has 248 valence electrons. The minimum absolute atomic E-state index is 0.423.